The summed E-state index contributed by atoms with van der Waals surface area (Å²) >= 11 is 0. The van der Waals surface area contributed by atoms with Gasteiger partial charge in [0.15, 0.2) is 5.79 Å². The van der Waals surface area contributed by atoms with Gasteiger partial charge < -0.3 is 9.47 Å². The van der Waals surface area contributed by atoms with Crippen LogP contribution in [-0.2, 0) is 14.3 Å². The van der Waals surface area contributed by atoms with E-state index in [1.165, 1.54) is 22.3 Å². The van der Waals surface area contributed by atoms with Crippen molar-refractivity contribution in [2.24, 2.45) is 5.10 Å². The minimum absolute atomic E-state index is 0.0484. The smallest absolute Gasteiger partial charge is 0.257 e. The molecule has 0 aliphatic carbocycles. The molecule has 6 nitrogen and oxygen atoms in total. The molecule has 0 N–H and O–H groups in total. The molecule has 174 valence electrons. The average molecular weight is 448 g/mol. The van der Waals surface area contributed by atoms with Gasteiger partial charge in [-0.05, 0) is 37.5 Å². The molecular formula is C27H33N3O3. The van der Waals surface area contributed by atoms with Gasteiger partial charge in [-0.15, -0.1) is 0 Å². The zero-order valence-electron chi connectivity index (χ0n) is 19.8. The van der Waals surface area contributed by atoms with Crippen molar-refractivity contribution in [3.8, 4) is 0 Å². The maximum Gasteiger partial charge on any atom is 0.257 e. The molecule has 3 heterocycles. The third-order valence-electron chi connectivity index (χ3n) is 7.13. The number of nitrogens with zero attached hydrogens (tertiary/aromatic N) is 3. The first kappa shape index (κ1) is 22.3. The highest BCUT2D eigenvalue weighted by Gasteiger charge is 2.41. The summed E-state index contributed by atoms with van der Waals surface area (Å²) in [6.07, 6.45) is 2.33. The summed E-state index contributed by atoms with van der Waals surface area (Å²) in [6.45, 7) is 9.59. The standard InChI is InChI=1S/C27H33N3O3/c1-19-5-8-22(9-6-19)24-17-25(23-16-20(2)4-7-21(23)3)30(28-24)26(31)18-29-12-10-27(11-13-29)32-14-15-33-27/h4-9,16,25H,10-15,17-18H2,1-3H3. The molecule has 0 aromatic heterocycles. The van der Waals surface area contributed by atoms with E-state index in [1.54, 1.807) is 5.01 Å². The van der Waals surface area contributed by atoms with E-state index in [0.717, 1.165) is 43.6 Å². The molecule has 2 aromatic carbocycles. The average Bonchev–Trinajstić information content (AvgIpc) is 3.45. The van der Waals surface area contributed by atoms with E-state index in [0.29, 0.717) is 19.8 Å². The summed E-state index contributed by atoms with van der Waals surface area (Å²) < 4.78 is 11.7. The Kier molecular flexibility index (Phi) is 6.08. The molecule has 33 heavy (non-hydrogen) atoms. The number of aryl methyl sites for hydroxylation is 3. The lowest BCUT2D eigenvalue weighted by atomic mass is 9.93. The van der Waals surface area contributed by atoms with E-state index in [1.807, 2.05) is 0 Å². The predicted molar refractivity (Wildman–Crippen MR) is 128 cm³/mol. The zero-order chi connectivity index (χ0) is 23.0. The van der Waals surface area contributed by atoms with Gasteiger partial charge in [0.25, 0.3) is 5.91 Å². The van der Waals surface area contributed by atoms with Crippen molar-refractivity contribution in [2.45, 2.75) is 51.9 Å². The Labute approximate surface area is 196 Å². The topological polar surface area (TPSA) is 54.4 Å². The summed E-state index contributed by atoms with van der Waals surface area (Å²) in [4.78, 5) is 15.8. The number of benzene rings is 2. The number of carbonyl (C=O) groups excluding carboxylic acids is 1. The fourth-order valence-corrected chi connectivity index (χ4v) is 5.12. The van der Waals surface area contributed by atoms with E-state index in [-0.39, 0.29) is 11.9 Å². The Bertz CT molecular complexity index is 1050. The summed E-state index contributed by atoms with van der Waals surface area (Å²) in [6, 6.07) is 14.8. The van der Waals surface area contributed by atoms with Crippen LogP contribution in [0.2, 0.25) is 0 Å². The van der Waals surface area contributed by atoms with Gasteiger partial charge in [0, 0.05) is 32.4 Å². The van der Waals surface area contributed by atoms with Gasteiger partial charge in [0.1, 0.15) is 0 Å². The van der Waals surface area contributed by atoms with Gasteiger partial charge in [-0.2, -0.15) is 5.10 Å². The van der Waals surface area contributed by atoms with Crippen LogP contribution in [0.5, 0.6) is 0 Å². The number of rotatable bonds is 4. The van der Waals surface area contributed by atoms with Crippen molar-refractivity contribution >= 4 is 11.6 Å². The highest BCUT2D eigenvalue weighted by Crippen LogP contribution is 2.36. The molecule has 0 bridgehead atoms. The van der Waals surface area contributed by atoms with Gasteiger partial charge in [-0.1, -0.05) is 53.6 Å². The van der Waals surface area contributed by atoms with Crippen LogP contribution in [-0.4, -0.2) is 60.2 Å². The maximum atomic E-state index is 13.6. The largest absolute Gasteiger partial charge is 0.347 e. The molecule has 3 aliphatic rings. The number of likely N-dealkylation sites (tertiary alicyclic amines) is 1. The lowest BCUT2D eigenvalue weighted by molar-refractivity contribution is -0.186. The fourth-order valence-electron chi connectivity index (χ4n) is 5.12. The third kappa shape index (κ3) is 4.60. The molecule has 0 saturated carbocycles. The minimum Gasteiger partial charge on any atom is -0.347 e. The number of carbonyl (C=O) groups is 1. The number of piperidine rings is 1. The molecule has 1 atom stereocenters. The van der Waals surface area contributed by atoms with Crippen LogP contribution in [0.3, 0.4) is 0 Å². The normalized spacial score (nSPS) is 22.7. The van der Waals surface area contributed by atoms with E-state index < -0.39 is 5.79 Å². The van der Waals surface area contributed by atoms with Crippen molar-refractivity contribution in [1.29, 1.82) is 0 Å². The van der Waals surface area contributed by atoms with Crippen LogP contribution in [0.4, 0.5) is 0 Å². The van der Waals surface area contributed by atoms with E-state index in [9.17, 15) is 4.79 Å². The molecule has 2 saturated heterocycles. The Morgan fingerprint density at radius 1 is 1.00 bits per heavy atom. The molecular weight excluding hydrogens is 414 g/mol. The van der Waals surface area contributed by atoms with Gasteiger partial charge >= 0.3 is 0 Å². The summed E-state index contributed by atoms with van der Waals surface area (Å²) in [5.74, 6) is -0.377. The molecule has 1 amide bonds. The minimum atomic E-state index is -0.425. The maximum absolute atomic E-state index is 13.6. The molecule has 5 rings (SSSR count). The number of hydrogen-bond donors (Lipinski definition) is 0. The van der Waals surface area contributed by atoms with E-state index >= 15 is 0 Å². The first-order valence-electron chi connectivity index (χ1n) is 12.0. The van der Waals surface area contributed by atoms with E-state index in [4.69, 9.17) is 14.6 Å². The number of hydrazone groups is 1. The van der Waals surface area contributed by atoms with Crippen LogP contribution in [0.1, 0.15) is 53.1 Å². The van der Waals surface area contributed by atoms with Crippen LogP contribution in [0.25, 0.3) is 0 Å². The Balaban J connectivity index is 1.37. The summed E-state index contributed by atoms with van der Waals surface area (Å²) in [5, 5.41) is 6.62. The number of hydrogen-bond acceptors (Lipinski definition) is 5. The Hall–Kier alpha value is -2.54. The summed E-state index contributed by atoms with van der Waals surface area (Å²) in [5.41, 5.74) is 6.85. The SMILES string of the molecule is Cc1ccc(C2=NN(C(=O)CN3CCC4(CC3)OCCO4)C(c3cc(C)ccc3C)C2)cc1. The Morgan fingerprint density at radius 3 is 2.36 bits per heavy atom. The van der Waals surface area contributed by atoms with E-state index in [2.05, 4.69) is 68.1 Å². The molecule has 0 radical (unpaired) electrons. The van der Waals surface area contributed by atoms with Crippen molar-refractivity contribution in [1.82, 2.24) is 9.91 Å². The van der Waals surface area contributed by atoms with Crippen molar-refractivity contribution in [2.75, 3.05) is 32.8 Å². The molecule has 3 aliphatic heterocycles. The van der Waals surface area contributed by atoms with Gasteiger partial charge in [0.05, 0.1) is 31.5 Å². The third-order valence-corrected chi connectivity index (χ3v) is 7.13. The molecule has 1 spiro atoms. The second-order valence-corrected chi connectivity index (χ2v) is 9.61. The lowest BCUT2D eigenvalue weighted by Crippen LogP contribution is -2.48. The number of amides is 1. The van der Waals surface area contributed by atoms with Crippen LogP contribution >= 0.6 is 0 Å². The van der Waals surface area contributed by atoms with Gasteiger partial charge in [0.2, 0.25) is 0 Å². The van der Waals surface area contributed by atoms with Crippen molar-refractivity contribution in [3.05, 3.63) is 70.3 Å². The lowest BCUT2D eigenvalue weighted by Gasteiger charge is -2.37. The van der Waals surface area contributed by atoms with Gasteiger partial charge in [-0.25, -0.2) is 5.01 Å². The highest BCUT2D eigenvalue weighted by molar-refractivity contribution is 6.03. The monoisotopic (exact) mass is 447 g/mol. The molecule has 2 fully saturated rings. The van der Waals surface area contributed by atoms with Crippen LogP contribution in [0, 0.1) is 20.8 Å². The fraction of sp³-hybridized carbons (Fsp3) is 0.481. The molecule has 2 aromatic rings. The predicted octanol–water partition coefficient (Wildman–Crippen LogP) is 4.13. The number of ether oxygens (including phenoxy) is 2. The summed E-state index contributed by atoms with van der Waals surface area (Å²) in [7, 11) is 0. The second kappa shape index (κ2) is 9.01. The second-order valence-electron chi connectivity index (χ2n) is 9.61. The first-order valence-corrected chi connectivity index (χ1v) is 12.0. The highest BCUT2D eigenvalue weighted by atomic mass is 16.7. The van der Waals surface area contributed by atoms with Crippen LogP contribution in [0.15, 0.2) is 47.6 Å². The van der Waals surface area contributed by atoms with Crippen molar-refractivity contribution in [3.63, 3.8) is 0 Å². The molecule has 6 heteroatoms. The molecule has 1 unspecified atom stereocenters. The quantitative estimate of drug-likeness (QED) is 0.707. The van der Waals surface area contributed by atoms with Gasteiger partial charge in [-0.3, -0.25) is 9.69 Å². The first-order chi connectivity index (χ1) is 15.9. The van der Waals surface area contributed by atoms with Crippen LogP contribution < -0.4 is 0 Å². The zero-order valence-corrected chi connectivity index (χ0v) is 19.8. The Morgan fingerprint density at radius 2 is 1.67 bits per heavy atom. The van der Waals surface area contributed by atoms with Crippen molar-refractivity contribution < 1.29 is 14.3 Å².